The van der Waals surface area contributed by atoms with E-state index in [-0.39, 0.29) is 5.91 Å². The van der Waals surface area contributed by atoms with E-state index in [2.05, 4.69) is 15.3 Å². The van der Waals surface area contributed by atoms with Crippen LogP contribution < -0.4 is 15.0 Å². The Kier molecular flexibility index (Phi) is 4.71. The number of carbonyl (C=O) groups excluding carboxylic acids is 1. The van der Waals surface area contributed by atoms with Gasteiger partial charge in [-0.15, -0.1) is 0 Å². The van der Waals surface area contributed by atoms with E-state index < -0.39 is 0 Å². The molecule has 23 heavy (non-hydrogen) atoms. The van der Waals surface area contributed by atoms with Crippen molar-refractivity contribution in [3.8, 4) is 5.88 Å². The van der Waals surface area contributed by atoms with Crippen LogP contribution in [0.25, 0.3) is 0 Å². The lowest BCUT2D eigenvalue weighted by Crippen LogP contribution is -2.23. The number of ether oxygens (including phenoxy) is 1. The summed E-state index contributed by atoms with van der Waals surface area (Å²) < 4.78 is 5.44. The van der Waals surface area contributed by atoms with Gasteiger partial charge in [0.15, 0.2) is 5.82 Å². The summed E-state index contributed by atoms with van der Waals surface area (Å²) in [5.74, 6) is 1.35. The number of nitrogens with zero attached hydrogens (tertiary/aromatic N) is 3. The van der Waals surface area contributed by atoms with Gasteiger partial charge in [-0.25, -0.2) is 9.97 Å². The van der Waals surface area contributed by atoms with E-state index in [1.165, 1.54) is 0 Å². The van der Waals surface area contributed by atoms with Gasteiger partial charge in [0, 0.05) is 37.6 Å². The molecule has 1 aliphatic rings. The SMILES string of the molecule is CCOc1nccnc1NCc1ccc(N2CCCC2=O)cc1. The van der Waals surface area contributed by atoms with Gasteiger partial charge in [0.2, 0.25) is 5.91 Å². The average Bonchev–Trinajstić information content (AvgIpc) is 3.01. The van der Waals surface area contributed by atoms with Crippen LogP contribution in [-0.4, -0.2) is 29.0 Å². The van der Waals surface area contributed by atoms with E-state index in [1.54, 1.807) is 12.4 Å². The third-order valence-corrected chi connectivity index (χ3v) is 3.73. The molecule has 0 saturated carbocycles. The molecule has 1 fully saturated rings. The van der Waals surface area contributed by atoms with Gasteiger partial charge in [0.05, 0.1) is 6.61 Å². The lowest BCUT2D eigenvalue weighted by molar-refractivity contribution is -0.117. The second-order valence-corrected chi connectivity index (χ2v) is 5.31. The minimum absolute atomic E-state index is 0.205. The molecule has 0 aliphatic carbocycles. The first-order valence-electron chi connectivity index (χ1n) is 7.85. The van der Waals surface area contributed by atoms with Crippen LogP contribution in [0.15, 0.2) is 36.7 Å². The lowest BCUT2D eigenvalue weighted by Gasteiger charge is -2.16. The predicted molar refractivity (Wildman–Crippen MR) is 88.6 cm³/mol. The molecule has 120 valence electrons. The number of carbonyl (C=O) groups is 1. The standard InChI is InChI=1S/C17H20N4O2/c1-2-23-17-16(18-9-10-19-17)20-12-13-5-7-14(8-6-13)21-11-3-4-15(21)22/h5-10H,2-4,11-12H2,1H3,(H,18,20). The van der Waals surface area contributed by atoms with Crippen molar-refractivity contribution in [2.24, 2.45) is 0 Å². The highest BCUT2D eigenvalue weighted by Crippen LogP contribution is 2.22. The molecule has 1 N–H and O–H groups in total. The van der Waals surface area contributed by atoms with Gasteiger partial charge in [-0.1, -0.05) is 12.1 Å². The molecule has 3 rings (SSSR count). The summed E-state index contributed by atoms with van der Waals surface area (Å²) in [4.78, 5) is 22.0. The van der Waals surface area contributed by atoms with Gasteiger partial charge < -0.3 is 15.0 Å². The second-order valence-electron chi connectivity index (χ2n) is 5.31. The van der Waals surface area contributed by atoms with Crippen molar-refractivity contribution in [1.82, 2.24) is 9.97 Å². The highest BCUT2D eigenvalue weighted by molar-refractivity contribution is 5.95. The summed E-state index contributed by atoms with van der Waals surface area (Å²) >= 11 is 0. The zero-order valence-corrected chi connectivity index (χ0v) is 13.2. The normalized spacial score (nSPS) is 14.1. The Labute approximate surface area is 135 Å². The van der Waals surface area contributed by atoms with Gasteiger partial charge in [0.25, 0.3) is 5.88 Å². The molecular weight excluding hydrogens is 292 g/mol. The first-order chi connectivity index (χ1) is 11.3. The Hall–Kier alpha value is -2.63. The largest absolute Gasteiger partial charge is 0.475 e. The number of hydrogen-bond acceptors (Lipinski definition) is 5. The molecule has 0 atom stereocenters. The van der Waals surface area contributed by atoms with Crippen LogP contribution >= 0.6 is 0 Å². The molecule has 6 heteroatoms. The van der Waals surface area contributed by atoms with Crippen LogP contribution in [0.5, 0.6) is 5.88 Å². The molecule has 0 spiro atoms. The molecule has 0 unspecified atom stereocenters. The van der Waals surface area contributed by atoms with Crippen LogP contribution in [0.1, 0.15) is 25.3 Å². The zero-order chi connectivity index (χ0) is 16.1. The Morgan fingerprint density at radius 1 is 1.22 bits per heavy atom. The molecule has 1 amide bonds. The van der Waals surface area contributed by atoms with E-state index in [0.717, 1.165) is 24.2 Å². The van der Waals surface area contributed by atoms with Crippen LogP contribution in [0.2, 0.25) is 0 Å². The fraction of sp³-hybridized carbons (Fsp3) is 0.353. The van der Waals surface area contributed by atoms with Gasteiger partial charge in [-0.2, -0.15) is 0 Å². The summed E-state index contributed by atoms with van der Waals surface area (Å²) in [5, 5.41) is 3.23. The maximum atomic E-state index is 11.8. The Bertz CT molecular complexity index is 673. The maximum absolute atomic E-state index is 11.8. The summed E-state index contributed by atoms with van der Waals surface area (Å²) in [6.07, 6.45) is 4.83. The topological polar surface area (TPSA) is 67.4 Å². The molecule has 0 bridgehead atoms. The average molecular weight is 312 g/mol. The summed E-state index contributed by atoms with van der Waals surface area (Å²) in [6.45, 7) is 3.89. The number of nitrogens with one attached hydrogen (secondary N) is 1. The van der Waals surface area contributed by atoms with Crippen LogP contribution in [0, 0.1) is 0 Å². The van der Waals surface area contributed by atoms with E-state index in [1.807, 2.05) is 36.1 Å². The first-order valence-corrected chi connectivity index (χ1v) is 7.85. The lowest BCUT2D eigenvalue weighted by atomic mass is 10.2. The first kappa shape index (κ1) is 15.3. The number of amides is 1. The molecular formula is C17H20N4O2. The van der Waals surface area contributed by atoms with Gasteiger partial charge in [-0.05, 0) is 31.0 Å². The van der Waals surface area contributed by atoms with Crippen molar-refractivity contribution in [1.29, 1.82) is 0 Å². The summed E-state index contributed by atoms with van der Waals surface area (Å²) in [7, 11) is 0. The van der Waals surface area contributed by atoms with Crippen LogP contribution in [0.3, 0.4) is 0 Å². The Morgan fingerprint density at radius 2 is 2.00 bits per heavy atom. The number of aromatic nitrogens is 2. The van der Waals surface area contributed by atoms with Gasteiger partial charge in [0.1, 0.15) is 0 Å². The Morgan fingerprint density at radius 3 is 2.70 bits per heavy atom. The van der Waals surface area contributed by atoms with Crippen molar-refractivity contribution in [2.75, 3.05) is 23.4 Å². The van der Waals surface area contributed by atoms with E-state index in [9.17, 15) is 4.79 Å². The maximum Gasteiger partial charge on any atom is 0.257 e. The third-order valence-electron chi connectivity index (χ3n) is 3.73. The molecule has 6 nitrogen and oxygen atoms in total. The number of benzene rings is 1. The van der Waals surface area contributed by atoms with E-state index in [0.29, 0.717) is 31.3 Å². The highest BCUT2D eigenvalue weighted by Gasteiger charge is 2.21. The molecule has 0 radical (unpaired) electrons. The van der Waals surface area contributed by atoms with E-state index in [4.69, 9.17) is 4.74 Å². The van der Waals surface area contributed by atoms with Crippen LogP contribution in [0.4, 0.5) is 11.5 Å². The molecule has 2 heterocycles. The minimum atomic E-state index is 0.205. The fourth-order valence-electron chi connectivity index (χ4n) is 2.59. The molecule has 1 aliphatic heterocycles. The third kappa shape index (κ3) is 3.59. The fourth-order valence-corrected chi connectivity index (χ4v) is 2.59. The van der Waals surface area contributed by atoms with Crippen LogP contribution in [-0.2, 0) is 11.3 Å². The van der Waals surface area contributed by atoms with Gasteiger partial charge >= 0.3 is 0 Å². The van der Waals surface area contributed by atoms with Crippen molar-refractivity contribution in [3.63, 3.8) is 0 Å². The number of anilines is 2. The van der Waals surface area contributed by atoms with Crippen molar-refractivity contribution >= 4 is 17.4 Å². The zero-order valence-electron chi connectivity index (χ0n) is 13.2. The summed E-state index contributed by atoms with van der Waals surface area (Å²) in [5.41, 5.74) is 2.07. The number of hydrogen-bond donors (Lipinski definition) is 1. The molecule has 1 saturated heterocycles. The number of rotatable bonds is 6. The van der Waals surface area contributed by atoms with Crippen molar-refractivity contribution in [3.05, 3.63) is 42.2 Å². The quantitative estimate of drug-likeness (QED) is 0.888. The summed E-state index contributed by atoms with van der Waals surface area (Å²) in [6, 6.07) is 8.01. The second kappa shape index (κ2) is 7.09. The highest BCUT2D eigenvalue weighted by atomic mass is 16.5. The smallest absolute Gasteiger partial charge is 0.257 e. The Balaban J connectivity index is 1.64. The van der Waals surface area contributed by atoms with Crippen molar-refractivity contribution in [2.45, 2.75) is 26.3 Å². The van der Waals surface area contributed by atoms with Crippen molar-refractivity contribution < 1.29 is 9.53 Å². The van der Waals surface area contributed by atoms with Gasteiger partial charge in [-0.3, -0.25) is 4.79 Å². The molecule has 1 aromatic carbocycles. The molecule has 1 aromatic heterocycles. The minimum Gasteiger partial charge on any atom is -0.475 e. The predicted octanol–water partition coefficient (Wildman–Crippen LogP) is 2.61. The molecule has 2 aromatic rings. The van der Waals surface area contributed by atoms with E-state index >= 15 is 0 Å². The monoisotopic (exact) mass is 312 g/mol.